The van der Waals surface area contributed by atoms with Crippen molar-refractivity contribution >= 4 is 11.9 Å². The fourth-order valence-corrected chi connectivity index (χ4v) is 1.01. The molecule has 0 atom stereocenters. The van der Waals surface area contributed by atoms with Crippen LogP contribution >= 0.6 is 0 Å². The minimum absolute atomic E-state index is 0.186. The van der Waals surface area contributed by atoms with Gasteiger partial charge < -0.3 is 4.74 Å². The summed E-state index contributed by atoms with van der Waals surface area (Å²) in [7, 11) is 0. The summed E-state index contributed by atoms with van der Waals surface area (Å²) >= 11 is 0. The lowest BCUT2D eigenvalue weighted by molar-refractivity contribution is -0.218. The van der Waals surface area contributed by atoms with Gasteiger partial charge in [0.15, 0.2) is 5.75 Å². The summed E-state index contributed by atoms with van der Waals surface area (Å²) in [6.07, 6.45) is 0. The molecule has 0 unspecified atom stereocenters. The lowest BCUT2D eigenvalue weighted by atomic mass is 10.2. The molecule has 1 aromatic carbocycles. The predicted octanol–water partition coefficient (Wildman–Crippen LogP) is 2.74. The monoisotopic (exact) mass is 266 g/mol. The van der Waals surface area contributed by atoms with Crippen molar-refractivity contribution in [1.82, 2.24) is 0 Å². The van der Waals surface area contributed by atoms with Crippen molar-refractivity contribution in [2.45, 2.75) is 27.7 Å². The molecule has 5 heteroatoms. The Morgan fingerprint density at radius 2 is 1.42 bits per heavy atom. The van der Waals surface area contributed by atoms with Crippen molar-refractivity contribution in [3.05, 3.63) is 24.3 Å². The van der Waals surface area contributed by atoms with E-state index in [2.05, 4.69) is 4.89 Å². The Kier molecular flexibility index (Phi) is 5.36. The van der Waals surface area contributed by atoms with E-state index in [1.54, 1.807) is 52.0 Å². The van der Waals surface area contributed by atoms with E-state index in [1.165, 1.54) is 0 Å². The van der Waals surface area contributed by atoms with Crippen LogP contribution in [0.5, 0.6) is 11.5 Å². The summed E-state index contributed by atoms with van der Waals surface area (Å²) in [5.74, 6) is -1.03. The van der Waals surface area contributed by atoms with Gasteiger partial charge >= 0.3 is 11.9 Å². The number of para-hydroxylation sites is 2. The zero-order chi connectivity index (χ0) is 14.4. The molecular formula is C14H18O5. The molecule has 5 nitrogen and oxygen atoms in total. The molecule has 0 spiro atoms. The van der Waals surface area contributed by atoms with Gasteiger partial charge in [-0.2, -0.15) is 0 Å². The van der Waals surface area contributed by atoms with Gasteiger partial charge in [-0.1, -0.05) is 39.8 Å². The Balaban J connectivity index is 2.73. The van der Waals surface area contributed by atoms with E-state index < -0.39 is 5.97 Å². The van der Waals surface area contributed by atoms with E-state index in [4.69, 9.17) is 9.62 Å². The van der Waals surface area contributed by atoms with Crippen LogP contribution in [0.15, 0.2) is 24.3 Å². The molecule has 0 saturated heterocycles. The zero-order valence-electron chi connectivity index (χ0n) is 11.5. The van der Waals surface area contributed by atoms with Gasteiger partial charge in [-0.05, 0) is 12.1 Å². The maximum Gasteiger partial charge on any atom is 0.357 e. The van der Waals surface area contributed by atoms with Crippen LogP contribution in [0.3, 0.4) is 0 Å². The molecule has 19 heavy (non-hydrogen) atoms. The smallest absolute Gasteiger partial charge is 0.357 e. The van der Waals surface area contributed by atoms with Gasteiger partial charge in [-0.3, -0.25) is 14.6 Å². The van der Waals surface area contributed by atoms with E-state index in [1.807, 2.05) is 0 Å². The number of ether oxygens (including phenoxy) is 1. The molecule has 1 aromatic rings. The number of hydrogen-bond acceptors (Lipinski definition) is 5. The average Bonchev–Trinajstić information content (AvgIpc) is 2.36. The highest BCUT2D eigenvalue weighted by molar-refractivity contribution is 5.75. The third-order valence-corrected chi connectivity index (χ3v) is 2.22. The van der Waals surface area contributed by atoms with E-state index in [0.29, 0.717) is 0 Å². The van der Waals surface area contributed by atoms with Crippen LogP contribution < -0.4 is 9.62 Å². The number of carbonyl (C=O) groups is 2. The first-order chi connectivity index (χ1) is 8.91. The molecule has 0 bridgehead atoms. The maximum atomic E-state index is 11.5. The summed E-state index contributed by atoms with van der Waals surface area (Å²) in [6.45, 7) is 6.84. The normalized spacial score (nSPS) is 10.4. The van der Waals surface area contributed by atoms with Gasteiger partial charge in [0.05, 0.1) is 11.8 Å². The Labute approximate surface area is 112 Å². The second kappa shape index (κ2) is 6.78. The zero-order valence-corrected chi connectivity index (χ0v) is 11.5. The highest BCUT2D eigenvalue weighted by atomic mass is 17.2. The van der Waals surface area contributed by atoms with Gasteiger partial charge in [0.25, 0.3) is 0 Å². The van der Waals surface area contributed by atoms with Gasteiger partial charge in [-0.25, -0.2) is 4.79 Å². The Morgan fingerprint density at radius 3 is 1.95 bits per heavy atom. The lowest BCUT2D eigenvalue weighted by Crippen LogP contribution is -2.17. The summed E-state index contributed by atoms with van der Waals surface area (Å²) < 4.78 is 5.14. The molecule has 0 radical (unpaired) electrons. The molecular weight excluding hydrogens is 248 g/mol. The van der Waals surface area contributed by atoms with Gasteiger partial charge in [-0.15, -0.1) is 0 Å². The molecule has 0 N–H and O–H groups in total. The van der Waals surface area contributed by atoms with Crippen molar-refractivity contribution in [2.24, 2.45) is 11.8 Å². The van der Waals surface area contributed by atoms with Crippen LogP contribution in [0.25, 0.3) is 0 Å². The number of rotatable bonds is 5. The van der Waals surface area contributed by atoms with Gasteiger partial charge in [0, 0.05) is 0 Å². The third-order valence-electron chi connectivity index (χ3n) is 2.22. The number of benzene rings is 1. The summed E-state index contributed by atoms with van der Waals surface area (Å²) in [6, 6.07) is 6.50. The van der Waals surface area contributed by atoms with Crippen molar-refractivity contribution in [1.29, 1.82) is 0 Å². The predicted molar refractivity (Wildman–Crippen MR) is 68.5 cm³/mol. The fraction of sp³-hybridized carbons (Fsp3) is 0.429. The highest BCUT2D eigenvalue weighted by Crippen LogP contribution is 2.27. The number of esters is 1. The maximum absolute atomic E-state index is 11.5. The quantitative estimate of drug-likeness (QED) is 0.355. The van der Waals surface area contributed by atoms with E-state index in [9.17, 15) is 9.59 Å². The van der Waals surface area contributed by atoms with Crippen LogP contribution in [-0.4, -0.2) is 11.9 Å². The van der Waals surface area contributed by atoms with Gasteiger partial charge in [0.2, 0.25) is 5.75 Å². The van der Waals surface area contributed by atoms with Crippen molar-refractivity contribution in [3.8, 4) is 11.5 Å². The molecule has 0 aliphatic carbocycles. The molecule has 0 amide bonds. The summed E-state index contributed by atoms with van der Waals surface area (Å²) in [5, 5.41) is 0. The van der Waals surface area contributed by atoms with Crippen LogP contribution in [0.1, 0.15) is 27.7 Å². The standard InChI is InChI=1S/C14H18O5/c1-9(2)13(15)17-11-7-5-6-8-12(11)18-19-14(16)10(3)4/h5-10H,1-4H3. The molecule has 1 rings (SSSR count). The molecule has 0 aromatic heterocycles. The number of hydrogen-bond donors (Lipinski definition) is 0. The fourth-order valence-electron chi connectivity index (χ4n) is 1.01. The van der Waals surface area contributed by atoms with Crippen LogP contribution in [0.2, 0.25) is 0 Å². The van der Waals surface area contributed by atoms with Crippen LogP contribution in [0, 0.1) is 11.8 Å². The molecule has 0 saturated carbocycles. The van der Waals surface area contributed by atoms with Gasteiger partial charge in [0.1, 0.15) is 0 Å². The van der Waals surface area contributed by atoms with E-state index in [-0.39, 0.29) is 29.3 Å². The Morgan fingerprint density at radius 1 is 0.895 bits per heavy atom. The first kappa shape index (κ1) is 15.0. The second-order valence-electron chi connectivity index (χ2n) is 4.66. The largest absolute Gasteiger partial charge is 0.422 e. The average molecular weight is 266 g/mol. The van der Waals surface area contributed by atoms with Crippen LogP contribution in [0.4, 0.5) is 0 Å². The molecule has 0 aliphatic rings. The minimum atomic E-state index is -0.495. The van der Waals surface area contributed by atoms with Crippen molar-refractivity contribution < 1.29 is 24.1 Å². The number of carbonyl (C=O) groups excluding carboxylic acids is 2. The first-order valence-corrected chi connectivity index (χ1v) is 6.11. The molecule has 0 fully saturated rings. The highest BCUT2D eigenvalue weighted by Gasteiger charge is 2.16. The van der Waals surface area contributed by atoms with E-state index in [0.717, 1.165) is 0 Å². The first-order valence-electron chi connectivity index (χ1n) is 6.11. The summed E-state index contributed by atoms with van der Waals surface area (Å²) in [4.78, 5) is 32.4. The van der Waals surface area contributed by atoms with Crippen molar-refractivity contribution in [2.75, 3.05) is 0 Å². The molecule has 0 heterocycles. The minimum Gasteiger partial charge on any atom is -0.422 e. The topological polar surface area (TPSA) is 61.8 Å². The van der Waals surface area contributed by atoms with Crippen molar-refractivity contribution in [3.63, 3.8) is 0 Å². The second-order valence-corrected chi connectivity index (χ2v) is 4.66. The third kappa shape index (κ3) is 4.62. The Bertz CT molecular complexity index is 451. The molecule has 104 valence electrons. The SMILES string of the molecule is CC(C)C(=O)OOc1ccccc1OC(=O)C(C)C. The van der Waals surface area contributed by atoms with E-state index >= 15 is 0 Å². The lowest BCUT2D eigenvalue weighted by Gasteiger charge is -2.11. The summed E-state index contributed by atoms with van der Waals surface area (Å²) in [5.41, 5.74) is 0. The molecule has 0 aliphatic heterocycles. The Hall–Kier alpha value is -2.04. The van der Waals surface area contributed by atoms with Crippen LogP contribution in [-0.2, 0) is 14.5 Å².